The smallest absolute Gasteiger partial charge is 0 e. The Morgan fingerprint density at radius 1 is 0.909 bits per heavy atom. The minimum absolute atomic E-state index is 0. The molecule has 0 aromatic heterocycles. The van der Waals surface area contributed by atoms with Crippen molar-refractivity contribution in [3.63, 3.8) is 0 Å². The molecule has 0 aliphatic carbocycles. The third kappa shape index (κ3) is 37.3. The maximum absolute atomic E-state index is 2.24. The van der Waals surface area contributed by atoms with Crippen LogP contribution in [0.4, 0.5) is 0 Å². The summed E-state index contributed by atoms with van der Waals surface area (Å²) in [4.78, 5) is 0. The minimum atomic E-state index is 0. The maximum Gasteiger partial charge on any atom is 0 e. The molecule has 0 aromatic carbocycles. The van der Waals surface area contributed by atoms with E-state index in [4.69, 9.17) is 0 Å². The Bertz CT molecular complexity index is 48.8. The van der Waals surface area contributed by atoms with E-state index in [2.05, 4.69) is 26.0 Å². The number of hydrogen-bond donors (Lipinski definition) is 0. The van der Waals surface area contributed by atoms with Gasteiger partial charge in [0.25, 0.3) is 0 Å². The number of rotatable bonds is 3. The second-order valence-corrected chi connectivity index (χ2v) is 1.67. The van der Waals surface area contributed by atoms with Crippen molar-refractivity contribution in [2.45, 2.75) is 55.4 Å². The predicted octanol–water partition coefficient (Wildman–Crippen LogP) is 4.28. The van der Waals surface area contributed by atoms with Crippen LogP contribution in [-0.4, -0.2) is 23.9 Å². The molecule has 0 nitrogen and oxygen atoms in total. The molecule has 0 saturated carbocycles. The third-order valence-electron chi connectivity index (χ3n) is 0.858. The first kappa shape index (κ1) is 30.0. The van der Waals surface area contributed by atoms with Crippen molar-refractivity contribution >= 4 is 23.9 Å². The fourth-order valence-corrected chi connectivity index (χ4v) is 0.451. The van der Waals surface area contributed by atoms with Crippen LogP contribution in [-0.2, 0) is 0 Å². The van der Waals surface area contributed by atoms with Gasteiger partial charge >= 0.3 is 0 Å². The van der Waals surface area contributed by atoms with Crippen molar-refractivity contribution in [3.8, 4) is 0 Å². The van der Waals surface area contributed by atoms with Crippen LogP contribution in [0.25, 0.3) is 0 Å². The molecule has 0 bridgehead atoms. The molecule has 0 atom stereocenters. The van der Waals surface area contributed by atoms with Crippen LogP contribution in [0, 0.1) is 0 Å². The summed E-state index contributed by atoms with van der Waals surface area (Å²) >= 11 is 0. The molecular weight excluding hydrogens is 239 g/mol. The van der Waals surface area contributed by atoms with Gasteiger partial charge in [-0.25, -0.2) is 0 Å². The molecule has 0 fully saturated rings. The zero-order valence-corrected chi connectivity index (χ0v) is 8.63. The summed E-state index contributed by atoms with van der Waals surface area (Å²) in [6, 6.07) is 0. The third-order valence-corrected chi connectivity index (χ3v) is 0.858. The Balaban J connectivity index is -0.0000000300. The van der Waals surface area contributed by atoms with Gasteiger partial charge in [-0.1, -0.05) is 54.7 Å². The van der Waals surface area contributed by atoms with Gasteiger partial charge in [-0.2, -0.15) is 0 Å². The van der Waals surface area contributed by atoms with Crippen molar-refractivity contribution < 1.29 is 0 Å². The molecule has 11 heavy (non-hydrogen) atoms. The summed E-state index contributed by atoms with van der Waals surface area (Å²) < 4.78 is 0. The van der Waals surface area contributed by atoms with Gasteiger partial charge < -0.3 is 0 Å². The topological polar surface area (TPSA) is 0 Å². The Labute approximate surface area is 91.4 Å². The largest absolute Gasteiger partial charge is 0.0888 e. The van der Waals surface area contributed by atoms with Crippen molar-refractivity contribution in [2.24, 2.45) is 0 Å². The van der Waals surface area contributed by atoms with Crippen LogP contribution in [0.1, 0.15) is 55.4 Å². The van der Waals surface area contributed by atoms with Gasteiger partial charge in [0.2, 0.25) is 0 Å². The van der Waals surface area contributed by atoms with E-state index in [1.807, 2.05) is 0 Å². The normalized spacial score (nSPS) is 6.73. The van der Waals surface area contributed by atoms with E-state index in [1.54, 1.807) is 0 Å². The molecule has 1 heteroatoms. The zero-order valence-electron chi connectivity index (χ0n) is 5.78. The molecular formula is C10H26Sn. The van der Waals surface area contributed by atoms with Crippen LogP contribution >= 0.6 is 0 Å². The van der Waals surface area contributed by atoms with Crippen molar-refractivity contribution in [1.29, 1.82) is 0 Å². The van der Waals surface area contributed by atoms with Gasteiger partial charge in [0.15, 0.2) is 0 Å². The fraction of sp³-hybridized carbons (Fsp3) is 0.800. The molecule has 0 rings (SSSR count). The number of unbranched alkanes of at least 4 members (excludes halogenated alkanes) is 1. The summed E-state index contributed by atoms with van der Waals surface area (Å²) in [5, 5.41) is 0. The Kier molecular flexibility index (Phi) is 85.2. The standard InChI is InChI=1S/C7H14.3CH4.Sn/c1-3-5-7-6-4-2;;;;/h5,7H,3-4,6H2,1-2H3;3*1H4;/b7-5+;;;;. The van der Waals surface area contributed by atoms with E-state index in [0.29, 0.717) is 0 Å². The molecule has 0 N–H and O–H groups in total. The van der Waals surface area contributed by atoms with Crippen molar-refractivity contribution in [2.75, 3.05) is 0 Å². The minimum Gasteiger partial charge on any atom is -0.0888 e. The summed E-state index contributed by atoms with van der Waals surface area (Å²) in [7, 11) is 0. The quantitative estimate of drug-likeness (QED) is 0.527. The second-order valence-electron chi connectivity index (χ2n) is 1.67. The summed E-state index contributed by atoms with van der Waals surface area (Å²) in [5.41, 5.74) is 0. The van der Waals surface area contributed by atoms with Gasteiger partial charge in [-0.15, -0.1) is 0 Å². The summed E-state index contributed by atoms with van der Waals surface area (Å²) in [6.07, 6.45) is 8.15. The molecule has 0 aromatic rings. The molecule has 4 radical (unpaired) electrons. The number of hydrogen-bond acceptors (Lipinski definition) is 0. The molecule has 0 aliphatic rings. The van der Waals surface area contributed by atoms with Gasteiger partial charge in [0.05, 0.1) is 0 Å². The van der Waals surface area contributed by atoms with Crippen LogP contribution in [0.2, 0.25) is 0 Å². The van der Waals surface area contributed by atoms with Crippen LogP contribution in [0.5, 0.6) is 0 Å². The van der Waals surface area contributed by atoms with Gasteiger partial charge in [-0.05, 0) is 12.8 Å². The first-order valence-electron chi connectivity index (χ1n) is 3.06. The van der Waals surface area contributed by atoms with Crippen LogP contribution in [0.15, 0.2) is 12.2 Å². The molecule has 70 valence electrons. The average molecular weight is 265 g/mol. The maximum atomic E-state index is 2.24. The summed E-state index contributed by atoms with van der Waals surface area (Å²) in [5.74, 6) is 0. The molecule has 0 amide bonds. The first-order chi connectivity index (χ1) is 3.41. The first-order valence-corrected chi connectivity index (χ1v) is 3.06. The van der Waals surface area contributed by atoms with Gasteiger partial charge in [-0.3, -0.25) is 0 Å². The van der Waals surface area contributed by atoms with Gasteiger partial charge in [0.1, 0.15) is 0 Å². The van der Waals surface area contributed by atoms with Crippen molar-refractivity contribution in [3.05, 3.63) is 12.2 Å². The van der Waals surface area contributed by atoms with E-state index >= 15 is 0 Å². The number of allylic oxidation sites excluding steroid dienone is 2. The molecule has 0 heterocycles. The summed E-state index contributed by atoms with van der Waals surface area (Å²) in [6.45, 7) is 4.35. The van der Waals surface area contributed by atoms with Crippen molar-refractivity contribution in [1.82, 2.24) is 0 Å². The average Bonchev–Trinajstić information content (AvgIpc) is 1.69. The fourth-order valence-electron chi connectivity index (χ4n) is 0.451. The predicted molar refractivity (Wildman–Crippen MR) is 60.3 cm³/mol. The SMILES string of the molecule is C.C.C.CC/C=C/CCC.[Sn]. The van der Waals surface area contributed by atoms with E-state index in [9.17, 15) is 0 Å². The van der Waals surface area contributed by atoms with E-state index in [1.165, 1.54) is 19.3 Å². The van der Waals surface area contributed by atoms with Gasteiger partial charge in [0, 0.05) is 23.9 Å². The Hall–Kier alpha value is 0.539. The van der Waals surface area contributed by atoms with Crippen LogP contribution in [0.3, 0.4) is 0 Å². The Morgan fingerprint density at radius 3 is 1.64 bits per heavy atom. The zero-order chi connectivity index (χ0) is 5.54. The van der Waals surface area contributed by atoms with Crippen LogP contribution < -0.4 is 0 Å². The molecule has 0 spiro atoms. The molecule has 0 aliphatic heterocycles. The monoisotopic (exact) mass is 266 g/mol. The van der Waals surface area contributed by atoms with E-state index < -0.39 is 0 Å². The molecule has 0 unspecified atom stereocenters. The van der Waals surface area contributed by atoms with E-state index in [-0.39, 0.29) is 46.2 Å². The van der Waals surface area contributed by atoms with E-state index in [0.717, 1.165) is 0 Å². The second kappa shape index (κ2) is 31.3. The Morgan fingerprint density at radius 2 is 1.36 bits per heavy atom. The molecule has 0 saturated heterocycles.